The number of nitrogens with one attached hydrogen (secondary N) is 2. The van der Waals surface area contributed by atoms with E-state index >= 15 is 0 Å². The molecule has 3 rings (SSSR count). The summed E-state index contributed by atoms with van der Waals surface area (Å²) in [4.78, 5) is 25.9. The molecule has 0 spiro atoms. The van der Waals surface area contributed by atoms with Crippen molar-refractivity contribution in [3.8, 4) is 5.75 Å². The Kier molecular flexibility index (Phi) is 6.99. The molecule has 1 aliphatic heterocycles. The van der Waals surface area contributed by atoms with Crippen LogP contribution < -0.4 is 15.4 Å². The third-order valence-electron chi connectivity index (χ3n) is 4.83. The molecule has 0 radical (unpaired) electrons. The van der Waals surface area contributed by atoms with E-state index in [1.165, 1.54) is 6.07 Å². The average Bonchev–Trinajstić information content (AvgIpc) is 2.74. The minimum absolute atomic E-state index is 0.0104. The first-order chi connectivity index (χ1) is 14.0. The molecule has 1 aliphatic rings. The minimum atomic E-state index is -0.829. The van der Waals surface area contributed by atoms with Crippen LogP contribution in [0.2, 0.25) is 0 Å². The lowest BCUT2D eigenvalue weighted by Crippen LogP contribution is -2.43. The van der Waals surface area contributed by atoms with Gasteiger partial charge in [0, 0.05) is 19.6 Å². The van der Waals surface area contributed by atoms with Crippen LogP contribution in [0.1, 0.15) is 12.8 Å². The molecule has 154 valence electrons. The Morgan fingerprint density at radius 3 is 2.31 bits per heavy atom. The molecule has 1 fully saturated rings. The van der Waals surface area contributed by atoms with Crippen LogP contribution in [0.5, 0.6) is 5.75 Å². The van der Waals surface area contributed by atoms with Gasteiger partial charge in [-0.1, -0.05) is 24.3 Å². The minimum Gasteiger partial charge on any atom is -0.484 e. The smallest absolute Gasteiger partial charge is 0.319 e. The fraction of sp³-hybridized carbons (Fsp3) is 0.333. The summed E-state index contributed by atoms with van der Waals surface area (Å²) in [5.74, 6) is -0.898. The van der Waals surface area contributed by atoms with Crippen LogP contribution >= 0.6 is 0 Å². The second kappa shape index (κ2) is 9.86. The molecule has 0 bridgehead atoms. The molecule has 1 heterocycles. The first-order valence-corrected chi connectivity index (χ1v) is 9.47. The van der Waals surface area contributed by atoms with Crippen molar-refractivity contribution in [3.63, 3.8) is 0 Å². The molecule has 2 aromatic carbocycles. The number of nitrogens with zero attached hydrogens (tertiary/aromatic N) is 1. The van der Waals surface area contributed by atoms with Gasteiger partial charge in [0.15, 0.2) is 6.61 Å². The molecular weight excluding hydrogens is 380 g/mol. The van der Waals surface area contributed by atoms with Crippen LogP contribution in [-0.2, 0) is 4.79 Å². The van der Waals surface area contributed by atoms with Crippen LogP contribution in [0.3, 0.4) is 0 Å². The average molecular weight is 403 g/mol. The van der Waals surface area contributed by atoms with E-state index in [1.807, 2.05) is 18.2 Å². The number of carbonyl (C=O) groups excluding carboxylic acids is 2. The van der Waals surface area contributed by atoms with Gasteiger partial charge in [-0.2, -0.15) is 0 Å². The number of hydrogen-bond donors (Lipinski definition) is 2. The second-order valence-electron chi connectivity index (χ2n) is 6.86. The predicted octanol–water partition coefficient (Wildman–Crippen LogP) is 3.40. The van der Waals surface area contributed by atoms with Crippen molar-refractivity contribution in [3.05, 3.63) is 60.2 Å². The van der Waals surface area contributed by atoms with Crippen molar-refractivity contribution in [1.82, 2.24) is 10.2 Å². The number of halogens is 2. The number of ether oxygens (including phenoxy) is 1. The maximum atomic E-state index is 13.6. The molecule has 0 saturated carbocycles. The van der Waals surface area contributed by atoms with Crippen LogP contribution in [-0.4, -0.2) is 43.1 Å². The lowest BCUT2D eigenvalue weighted by molar-refractivity contribution is -0.134. The fourth-order valence-corrected chi connectivity index (χ4v) is 3.15. The number of rotatable bonds is 6. The molecule has 2 aromatic rings. The fourth-order valence-electron chi connectivity index (χ4n) is 3.15. The maximum absolute atomic E-state index is 13.6. The molecule has 2 N–H and O–H groups in total. The van der Waals surface area contributed by atoms with Gasteiger partial charge in [0.25, 0.3) is 5.91 Å². The lowest BCUT2D eigenvalue weighted by Gasteiger charge is -2.32. The Hall–Kier alpha value is -3.16. The van der Waals surface area contributed by atoms with Crippen molar-refractivity contribution in [1.29, 1.82) is 0 Å². The molecule has 0 atom stereocenters. The van der Waals surface area contributed by atoms with Gasteiger partial charge in [-0.25, -0.2) is 13.6 Å². The van der Waals surface area contributed by atoms with Crippen LogP contribution in [0.15, 0.2) is 48.5 Å². The molecule has 1 saturated heterocycles. The largest absolute Gasteiger partial charge is 0.484 e. The summed E-state index contributed by atoms with van der Waals surface area (Å²) in [5, 5.41) is 4.83. The van der Waals surface area contributed by atoms with Crippen LogP contribution in [0.25, 0.3) is 0 Å². The Morgan fingerprint density at radius 2 is 1.66 bits per heavy atom. The SMILES string of the molecule is O=C(NCC1CCN(C(=O)COc2ccccc2)CC1)Nc1c(F)cccc1F. The highest BCUT2D eigenvalue weighted by Crippen LogP contribution is 2.19. The zero-order valence-corrected chi connectivity index (χ0v) is 15.9. The predicted molar refractivity (Wildman–Crippen MR) is 105 cm³/mol. The first kappa shape index (κ1) is 20.6. The van der Waals surface area contributed by atoms with Gasteiger partial charge in [-0.15, -0.1) is 0 Å². The molecule has 0 aromatic heterocycles. The Labute approximate surface area is 167 Å². The summed E-state index contributed by atoms with van der Waals surface area (Å²) >= 11 is 0. The van der Waals surface area contributed by atoms with Gasteiger partial charge < -0.3 is 20.3 Å². The number of urea groups is 1. The van der Waals surface area contributed by atoms with E-state index in [0.29, 0.717) is 25.4 Å². The van der Waals surface area contributed by atoms with Gasteiger partial charge in [0.05, 0.1) is 0 Å². The number of carbonyl (C=O) groups is 2. The summed E-state index contributed by atoms with van der Waals surface area (Å²) < 4.78 is 32.6. The first-order valence-electron chi connectivity index (χ1n) is 9.47. The van der Waals surface area contributed by atoms with E-state index in [0.717, 1.165) is 25.0 Å². The molecule has 0 aliphatic carbocycles. The van der Waals surface area contributed by atoms with Gasteiger partial charge in [0.1, 0.15) is 23.1 Å². The topological polar surface area (TPSA) is 70.7 Å². The van der Waals surface area contributed by atoms with Gasteiger partial charge >= 0.3 is 6.03 Å². The standard InChI is InChI=1S/C21H23F2N3O3/c22-17-7-4-8-18(23)20(17)25-21(28)24-13-15-9-11-26(12-10-15)19(27)14-29-16-5-2-1-3-6-16/h1-8,15H,9-14H2,(H2,24,25,28). The van der Waals surface area contributed by atoms with E-state index in [9.17, 15) is 18.4 Å². The Morgan fingerprint density at radius 1 is 1.00 bits per heavy atom. The van der Waals surface area contributed by atoms with E-state index in [4.69, 9.17) is 4.74 Å². The number of anilines is 1. The number of piperidine rings is 1. The third-order valence-corrected chi connectivity index (χ3v) is 4.83. The Balaban J connectivity index is 1.37. The molecule has 8 heteroatoms. The molecule has 29 heavy (non-hydrogen) atoms. The number of para-hydroxylation sites is 2. The van der Waals surface area contributed by atoms with Gasteiger partial charge in [-0.3, -0.25) is 4.79 Å². The van der Waals surface area contributed by atoms with Crippen molar-refractivity contribution in [2.24, 2.45) is 5.92 Å². The van der Waals surface area contributed by atoms with E-state index in [2.05, 4.69) is 10.6 Å². The van der Waals surface area contributed by atoms with Crippen LogP contribution in [0, 0.1) is 17.6 Å². The zero-order chi connectivity index (χ0) is 20.6. The summed E-state index contributed by atoms with van der Waals surface area (Å²) in [7, 11) is 0. The number of hydrogen-bond acceptors (Lipinski definition) is 3. The van der Waals surface area contributed by atoms with Gasteiger partial charge in [-0.05, 0) is 43.0 Å². The van der Waals surface area contributed by atoms with Crippen molar-refractivity contribution >= 4 is 17.6 Å². The Bertz CT molecular complexity index is 820. The zero-order valence-electron chi connectivity index (χ0n) is 15.9. The number of amides is 3. The summed E-state index contributed by atoms with van der Waals surface area (Å²) in [5.41, 5.74) is -0.469. The van der Waals surface area contributed by atoms with Gasteiger partial charge in [0.2, 0.25) is 0 Å². The lowest BCUT2D eigenvalue weighted by atomic mass is 9.97. The van der Waals surface area contributed by atoms with E-state index in [1.54, 1.807) is 17.0 Å². The maximum Gasteiger partial charge on any atom is 0.319 e. The highest BCUT2D eigenvalue weighted by Gasteiger charge is 2.23. The quantitative estimate of drug-likeness (QED) is 0.777. The van der Waals surface area contributed by atoms with Crippen LogP contribution in [0.4, 0.5) is 19.3 Å². The molecule has 3 amide bonds. The highest BCUT2D eigenvalue weighted by atomic mass is 19.1. The number of likely N-dealkylation sites (tertiary alicyclic amines) is 1. The summed E-state index contributed by atoms with van der Waals surface area (Å²) in [6.45, 7) is 1.51. The normalized spacial score (nSPS) is 14.3. The third kappa shape index (κ3) is 5.91. The summed E-state index contributed by atoms with van der Waals surface area (Å²) in [6.07, 6.45) is 1.46. The van der Waals surface area contributed by atoms with E-state index in [-0.39, 0.29) is 18.4 Å². The molecule has 0 unspecified atom stereocenters. The van der Waals surface area contributed by atoms with Crippen molar-refractivity contribution in [2.45, 2.75) is 12.8 Å². The second-order valence-corrected chi connectivity index (χ2v) is 6.86. The highest BCUT2D eigenvalue weighted by molar-refractivity contribution is 5.89. The summed E-state index contributed by atoms with van der Waals surface area (Å²) in [6, 6.07) is 11.9. The van der Waals surface area contributed by atoms with Crippen molar-refractivity contribution in [2.75, 3.05) is 31.6 Å². The van der Waals surface area contributed by atoms with E-state index < -0.39 is 23.4 Å². The number of benzene rings is 2. The van der Waals surface area contributed by atoms with Crippen molar-refractivity contribution < 1.29 is 23.1 Å². The molecular formula is C21H23F2N3O3. The monoisotopic (exact) mass is 403 g/mol. The molecule has 6 nitrogen and oxygen atoms in total.